The van der Waals surface area contributed by atoms with Crippen LogP contribution in [0.3, 0.4) is 0 Å². The first kappa shape index (κ1) is 47.4. The van der Waals surface area contributed by atoms with Crippen molar-refractivity contribution in [1.29, 1.82) is 0 Å². The summed E-state index contributed by atoms with van der Waals surface area (Å²) in [6.07, 6.45) is 0.610. The number of alkyl halides is 4. The Hall–Kier alpha value is -6.52. The van der Waals surface area contributed by atoms with E-state index in [0.717, 1.165) is 0 Å². The summed E-state index contributed by atoms with van der Waals surface area (Å²) in [4.78, 5) is 37.3. The van der Waals surface area contributed by atoms with Crippen LogP contribution in [0, 0.1) is 13.1 Å². The van der Waals surface area contributed by atoms with Crippen molar-refractivity contribution in [3.63, 3.8) is 0 Å². The maximum absolute atomic E-state index is 14.1. The maximum atomic E-state index is 14.1. The van der Waals surface area contributed by atoms with Crippen LogP contribution in [0.25, 0.3) is 31.5 Å². The van der Waals surface area contributed by atoms with Crippen molar-refractivity contribution >= 4 is 64.5 Å². The van der Waals surface area contributed by atoms with E-state index in [1.165, 1.54) is 46.0 Å². The number of sulfone groups is 2. The summed E-state index contributed by atoms with van der Waals surface area (Å²) in [6, 6.07) is 11.5. The van der Waals surface area contributed by atoms with Gasteiger partial charge in [-0.2, -0.15) is 10.2 Å². The Kier molecular flexibility index (Phi) is 12.0. The summed E-state index contributed by atoms with van der Waals surface area (Å²) >= 11 is 0. The average Bonchev–Trinajstić information content (AvgIpc) is 3.97. The highest BCUT2D eigenvalue weighted by Gasteiger charge is 2.53. The van der Waals surface area contributed by atoms with E-state index < -0.39 is 102 Å². The molecule has 2 aliphatic carbocycles. The molecule has 0 aliphatic heterocycles. The second-order valence-corrected chi connectivity index (χ2v) is 23.7. The minimum atomic E-state index is -3.54. The highest BCUT2D eigenvalue weighted by Crippen LogP contribution is 2.46. The van der Waals surface area contributed by atoms with Crippen LogP contribution < -0.4 is 21.8 Å². The first-order valence-electron chi connectivity index (χ1n) is 20.6. The summed E-state index contributed by atoms with van der Waals surface area (Å²) in [5.74, 6) is -5.70. The molecule has 0 saturated heterocycles. The van der Waals surface area contributed by atoms with E-state index in [1.54, 1.807) is 77.9 Å². The molecule has 0 amide bonds. The van der Waals surface area contributed by atoms with Crippen LogP contribution in [0.15, 0.2) is 92.4 Å². The third-order valence-corrected chi connectivity index (χ3v) is 16.6. The Balaban J connectivity index is 0.000000196. The van der Waals surface area contributed by atoms with E-state index in [4.69, 9.17) is 13.1 Å². The predicted molar refractivity (Wildman–Crippen MR) is 241 cm³/mol. The molecule has 8 rings (SSSR count). The van der Waals surface area contributed by atoms with Gasteiger partial charge in [-0.15, -0.1) is 0 Å². The van der Waals surface area contributed by atoms with Crippen LogP contribution in [0.1, 0.15) is 79.3 Å². The van der Waals surface area contributed by atoms with E-state index in [2.05, 4.69) is 40.5 Å². The van der Waals surface area contributed by atoms with Crippen molar-refractivity contribution in [3.8, 4) is 0 Å². The minimum absolute atomic E-state index is 0.136. The molecule has 2 saturated carbocycles. The number of rotatable bonds is 8. The summed E-state index contributed by atoms with van der Waals surface area (Å²) in [6.45, 7) is 24.3. The molecule has 4 heterocycles. The summed E-state index contributed by atoms with van der Waals surface area (Å²) in [5.41, 5.74) is 0.691. The van der Waals surface area contributed by atoms with Gasteiger partial charge in [-0.1, -0.05) is 0 Å². The van der Waals surface area contributed by atoms with Gasteiger partial charge in [-0.05, 0) is 102 Å². The molecular formula is C44H46F4N10O6S2. The fraction of sp³-hybridized carbons (Fsp3) is 0.409. The van der Waals surface area contributed by atoms with Gasteiger partial charge < -0.3 is 30.3 Å². The lowest BCUT2D eigenvalue weighted by atomic mass is 10.2. The van der Waals surface area contributed by atoms with E-state index >= 15 is 0 Å². The lowest BCUT2D eigenvalue weighted by Crippen LogP contribution is -2.27. The second-order valence-electron chi connectivity index (χ2n) is 18.3. The lowest BCUT2D eigenvalue weighted by Gasteiger charge is -2.19. The smallest absolute Gasteiger partial charge is 0.261 e. The Morgan fingerprint density at radius 3 is 1.24 bits per heavy atom. The van der Waals surface area contributed by atoms with Gasteiger partial charge in [0, 0.05) is 36.6 Å². The number of hydrogen-bond acceptors (Lipinski definition) is 10. The molecule has 2 fully saturated rings. The molecule has 348 valence electrons. The molecule has 4 N–H and O–H groups in total. The molecule has 2 aliphatic rings. The zero-order chi connectivity index (χ0) is 48.4. The quantitative estimate of drug-likeness (QED) is 0.0846. The second kappa shape index (κ2) is 16.7. The van der Waals surface area contributed by atoms with Gasteiger partial charge in [0.2, 0.25) is 0 Å². The summed E-state index contributed by atoms with van der Waals surface area (Å²) < 4.78 is 107. The molecule has 22 heteroatoms. The predicted octanol–water partition coefficient (Wildman–Crippen LogP) is 8.60. The number of H-pyrrole nitrogens is 2. The number of aromatic nitrogens is 6. The third-order valence-electron chi connectivity index (χ3n) is 11.6. The highest BCUT2D eigenvalue weighted by molar-refractivity contribution is 7.93. The highest BCUT2D eigenvalue weighted by atomic mass is 32.2. The number of hydrogen-bond donors (Lipinski definition) is 4. The van der Waals surface area contributed by atoms with E-state index in [0.29, 0.717) is 22.4 Å². The molecule has 0 spiro atoms. The fourth-order valence-corrected chi connectivity index (χ4v) is 10.4. The monoisotopic (exact) mass is 950 g/mol. The van der Waals surface area contributed by atoms with Crippen molar-refractivity contribution in [2.75, 3.05) is 10.6 Å². The number of nitrogens with one attached hydrogen (secondary N) is 4. The van der Waals surface area contributed by atoms with E-state index in [9.17, 15) is 44.0 Å². The number of halogens is 4. The van der Waals surface area contributed by atoms with Gasteiger partial charge >= 0.3 is 0 Å². The van der Waals surface area contributed by atoms with Crippen molar-refractivity contribution in [2.45, 2.75) is 123 Å². The molecule has 16 nitrogen and oxygen atoms in total. The Morgan fingerprint density at radius 1 is 0.606 bits per heavy atom. The lowest BCUT2D eigenvalue weighted by molar-refractivity contribution is 0.00438. The first-order chi connectivity index (χ1) is 30.7. The van der Waals surface area contributed by atoms with Crippen LogP contribution >= 0.6 is 0 Å². The van der Waals surface area contributed by atoms with Crippen LogP contribution in [-0.2, 0) is 19.7 Å². The Morgan fingerprint density at radius 2 is 0.939 bits per heavy atom. The molecule has 2 aromatic carbocycles. The molecule has 0 bridgehead atoms. The van der Waals surface area contributed by atoms with Gasteiger partial charge in [-0.3, -0.25) is 19.0 Å². The van der Waals surface area contributed by atoms with Gasteiger partial charge in [0.05, 0.1) is 43.2 Å². The van der Waals surface area contributed by atoms with Crippen molar-refractivity contribution < 1.29 is 34.4 Å². The molecule has 4 aromatic heterocycles. The zero-order valence-corrected chi connectivity index (χ0v) is 38.2. The van der Waals surface area contributed by atoms with E-state index in [-0.39, 0.29) is 32.2 Å². The third kappa shape index (κ3) is 8.91. The molecular weight excluding hydrogens is 905 g/mol. The minimum Gasteiger partial charge on any atom is -0.338 e. The van der Waals surface area contributed by atoms with Gasteiger partial charge in [0.15, 0.2) is 31.3 Å². The summed E-state index contributed by atoms with van der Waals surface area (Å²) in [5, 5.41) is 15.1. The fourth-order valence-electron chi connectivity index (χ4n) is 7.99. The Labute approximate surface area is 376 Å². The zero-order valence-electron chi connectivity index (χ0n) is 36.5. The average molecular weight is 951 g/mol. The molecule has 6 aromatic rings. The van der Waals surface area contributed by atoms with E-state index in [1.807, 2.05) is 0 Å². The van der Waals surface area contributed by atoms with Gasteiger partial charge in [0.1, 0.15) is 22.9 Å². The molecule has 4 atom stereocenters. The Bertz CT molecular complexity index is 3050. The van der Waals surface area contributed by atoms with Crippen molar-refractivity contribution in [2.24, 2.45) is 0 Å². The van der Waals surface area contributed by atoms with Crippen LogP contribution in [0.2, 0.25) is 0 Å². The molecule has 0 radical (unpaired) electrons. The van der Waals surface area contributed by atoms with Gasteiger partial charge in [0.25, 0.3) is 35.0 Å². The van der Waals surface area contributed by atoms with Crippen molar-refractivity contribution in [1.82, 2.24) is 29.5 Å². The molecule has 66 heavy (non-hydrogen) atoms. The topological polar surface area (TPSA) is 202 Å². The number of fused-ring (bicyclic) bond motifs is 2. The number of pyridine rings is 2. The maximum Gasteiger partial charge on any atom is 0.261 e. The molecule has 0 unspecified atom stereocenters. The van der Waals surface area contributed by atoms with Crippen LogP contribution in [0.4, 0.5) is 40.6 Å². The number of anilines is 4. The SMILES string of the molecule is [C-]#[N+][C@@H]1CC(F)(F)C[C@@H]1n1nc(Nc2ccc(S(=O)(=O)C(C)(C)C)cc2)c2c(=O)[nH]ccc21.[C-]#[N+][C@H]1CC(F)(F)C[C@H]1n1nc(Nc2ccc(S(=O)(=O)C(C)(C)C)cc2)c2c(=O)[nH]ccc21. The normalized spacial score (nSPS) is 20.6. The first-order valence-corrected chi connectivity index (χ1v) is 23.6. The number of nitrogens with zero attached hydrogens (tertiary/aromatic N) is 6. The standard InChI is InChI=1S/2C22H23F2N5O3S/c2*1-21(2,3)33(31,32)14-7-5-13(6-8-14)27-19-18-16(9-10-26-20(18)30)29(28-19)17-12-22(23,24)11-15(17)25-4/h2*5-10,15,17H,11-12H2,1-3H3,(H,26,30)(H,27,28)/t2*15-,17+/m10/s1. The van der Waals surface area contributed by atoms with Crippen molar-refractivity contribution in [3.05, 3.63) is 117 Å². The van der Waals surface area contributed by atoms with Crippen LogP contribution in [-0.4, -0.2) is 79.8 Å². The summed E-state index contributed by atoms with van der Waals surface area (Å²) in [7, 11) is -7.07. The number of benzene rings is 2. The largest absolute Gasteiger partial charge is 0.338 e. The van der Waals surface area contributed by atoms with Crippen LogP contribution in [0.5, 0.6) is 0 Å². The number of aromatic amines is 2. The van der Waals surface area contributed by atoms with Gasteiger partial charge in [-0.25, -0.2) is 47.5 Å².